The van der Waals surface area contributed by atoms with Crippen molar-refractivity contribution >= 4 is 35.1 Å². The molecule has 0 aliphatic carbocycles. The summed E-state index contributed by atoms with van der Waals surface area (Å²) in [6.45, 7) is -0.515. The second-order valence-electron chi connectivity index (χ2n) is 3.21. The Morgan fingerprint density at radius 1 is 0.944 bits per heavy atom. The summed E-state index contributed by atoms with van der Waals surface area (Å²) >= 11 is 10.6. The molecule has 0 aliphatic heterocycles. The molecule has 6 nitrogen and oxygen atoms in total. The first-order valence-corrected chi connectivity index (χ1v) is 6.06. The lowest BCUT2D eigenvalue weighted by molar-refractivity contribution is -0.142. The summed E-state index contributed by atoms with van der Waals surface area (Å²) < 4.78 is 9.11. The first kappa shape index (κ1) is 17.2. The number of hydrogen-bond acceptors (Lipinski definition) is 6. The number of aliphatic hydroxyl groups is 2. The Bertz CT molecular complexity index is 266. The fourth-order valence-electron chi connectivity index (χ4n) is 0.678. The number of esters is 2. The van der Waals surface area contributed by atoms with Crippen molar-refractivity contribution in [2.45, 2.75) is 12.2 Å². The number of halogens is 2. The Labute approximate surface area is 114 Å². The average Bonchev–Trinajstić information content (AvgIpc) is 2.39. The lowest BCUT2D eigenvalue weighted by Gasteiger charge is -2.06. The summed E-state index contributed by atoms with van der Waals surface area (Å²) in [5.41, 5.74) is 0. The maximum Gasteiger partial charge on any atom is 0.331 e. The van der Waals surface area contributed by atoms with Gasteiger partial charge < -0.3 is 19.7 Å². The Balaban J connectivity index is 3.85. The number of carbonyl (C=O) groups is 2. The van der Waals surface area contributed by atoms with E-state index in [9.17, 15) is 9.59 Å². The predicted octanol–water partition coefficient (Wildman–Crippen LogP) is -0.172. The van der Waals surface area contributed by atoms with E-state index in [-0.39, 0.29) is 25.0 Å². The lowest BCUT2D eigenvalue weighted by atomic mass is 10.4. The topological polar surface area (TPSA) is 93.1 Å². The fourth-order valence-corrected chi connectivity index (χ4v) is 0.856. The van der Waals surface area contributed by atoms with Crippen molar-refractivity contribution in [3.05, 3.63) is 12.2 Å². The maximum atomic E-state index is 11.0. The van der Waals surface area contributed by atoms with Crippen LogP contribution >= 0.6 is 23.2 Å². The SMILES string of the molecule is O=C(C=CC(=O)OCC(O)CCl)OCC(O)CCl. The first-order valence-electron chi connectivity index (χ1n) is 4.99. The van der Waals surface area contributed by atoms with Gasteiger partial charge in [-0.2, -0.15) is 0 Å². The van der Waals surface area contributed by atoms with Gasteiger partial charge in [-0.15, -0.1) is 23.2 Å². The number of carbonyl (C=O) groups excluding carboxylic acids is 2. The lowest BCUT2D eigenvalue weighted by Crippen LogP contribution is -2.20. The van der Waals surface area contributed by atoms with Gasteiger partial charge in [-0.25, -0.2) is 9.59 Å². The van der Waals surface area contributed by atoms with Gasteiger partial charge in [0.1, 0.15) is 25.4 Å². The normalized spacial score (nSPS) is 14.2. The zero-order valence-corrected chi connectivity index (χ0v) is 10.9. The Kier molecular flexibility index (Phi) is 9.67. The van der Waals surface area contributed by atoms with Crippen LogP contribution in [0.25, 0.3) is 0 Å². The van der Waals surface area contributed by atoms with Crippen molar-refractivity contribution < 1.29 is 29.3 Å². The van der Waals surface area contributed by atoms with E-state index >= 15 is 0 Å². The molecule has 0 radical (unpaired) electrons. The van der Waals surface area contributed by atoms with Gasteiger partial charge in [0, 0.05) is 12.2 Å². The zero-order chi connectivity index (χ0) is 14.0. The molecule has 0 aromatic carbocycles. The molecular formula is C10H14Cl2O6. The first-order chi connectivity index (χ1) is 8.49. The van der Waals surface area contributed by atoms with Crippen LogP contribution in [0.3, 0.4) is 0 Å². The quantitative estimate of drug-likeness (QED) is 0.367. The van der Waals surface area contributed by atoms with Crippen LogP contribution in [0.15, 0.2) is 12.2 Å². The van der Waals surface area contributed by atoms with Crippen LogP contribution in [0.5, 0.6) is 0 Å². The minimum Gasteiger partial charge on any atom is -0.460 e. The van der Waals surface area contributed by atoms with E-state index in [1.165, 1.54) is 0 Å². The van der Waals surface area contributed by atoms with E-state index in [0.29, 0.717) is 0 Å². The molecular weight excluding hydrogens is 287 g/mol. The molecule has 0 bridgehead atoms. The third-order valence-electron chi connectivity index (χ3n) is 1.55. The highest BCUT2D eigenvalue weighted by atomic mass is 35.5. The van der Waals surface area contributed by atoms with Crippen molar-refractivity contribution in [2.24, 2.45) is 0 Å². The summed E-state index contributed by atoms with van der Waals surface area (Å²) in [5.74, 6) is -1.74. The number of alkyl halides is 2. The molecule has 0 saturated carbocycles. The molecule has 0 aliphatic rings. The molecule has 0 aromatic heterocycles. The predicted molar refractivity (Wildman–Crippen MR) is 64.5 cm³/mol. The Morgan fingerprint density at radius 2 is 1.28 bits per heavy atom. The molecule has 104 valence electrons. The summed E-state index contributed by atoms with van der Waals surface area (Å²) in [6.07, 6.45) is -0.211. The molecule has 2 atom stereocenters. The van der Waals surface area contributed by atoms with Crippen molar-refractivity contribution in [3.63, 3.8) is 0 Å². The fraction of sp³-hybridized carbons (Fsp3) is 0.600. The van der Waals surface area contributed by atoms with Crippen molar-refractivity contribution in [3.8, 4) is 0 Å². The van der Waals surface area contributed by atoms with Crippen LogP contribution in [0.4, 0.5) is 0 Å². The smallest absolute Gasteiger partial charge is 0.331 e. The summed E-state index contributed by atoms with van der Waals surface area (Å²) in [4.78, 5) is 22.0. The molecule has 0 fully saturated rings. The van der Waals surface area contributed by atoms with Crippen LogP contribution in [0.2, 0.25) is 0 Å². The van der Waals surface area contributed by atoms with Gasteiger partial charge in [0.2, 0.25) is 0 Å². The second-order valence-corrected chi connectivity index (χ2v) is 3.83. The minimum atomic E-state index is -0.949. The van der Waals surface area contributed by atoms with Gasteiger partial charge in [0.25, 0.3) is 0 Å². The molecule has 0 heterocycles. The Morgan fingerprint density at radius 3 is 1.56 bits per heavy atom. The van der Waals surface area contributed by atoms with E-state index in [2.05, 4.69) is 9.47 Å². The number of ether oxygens (including phenoxy) is 2. The number of hydrogen-bond donors (Lipinski definition) is 2. The van der Waals surface area contributed by atoms with Gasteiger partial charge in [0.15, 0.2) is 0 Å². The average molecular weight is 301 g/mol. The minimum absolute atomic E-state index is 0.0602. The largest absolute Gasteiger partial charge is 0.460 e. The highest BCUT2D eigenvalue weighted by Crippen LogP contribution is 1.93. The van der Waals surface area contributed by atoms with Crippen LogP contribution in [-0.4, -0.2) is 59.3 Å². The third kappa shape index (κ3) is 9.23. The van der Waals surface area contributed by atoms with E-state index in [4.69, 9.17) is 33.4 Å². The van der Waals surface area contributed by atoms with Gasteiger partial charge >= 0.3 is 11.9 Å². The van der Waals surface area contributed by atoms with Crippen LogP contribution in [0.1, 0.15) is 0 Å². The number of rotatable bonds is 8. The van der Waals surface area contributed by atoms with Crippen LogP contribution in [0, 0.1) is 0 Å². The van der Waals surface area contributed by atoms with Gasteiger partial charge in [-0.1, -0.05) is 0 Å². The second kappa shape index (κ2) is 10.1. The molecule has 0 rings (SSSR count). The van der Waals surface area contributed by atoms with Crippen molar-refractivity contribution in [1.82, 2.24) is 0 Å². The monoisotopic (exact) mass is 300 g/mol. The van der Waals surface area contributed by atoms with E-state index < -0.39 is 24.1 Å². The molecule has 18 heavy (non-hydrogen) atoms. The highest BCUT2D eigenvalue weighted by molar-refractivity contribution is 6.18. The Hall–Kier alpha value is -0.820. The van der Waals surface area contributed by atoms with Crippen molar-refractivity contribution in [2.75, 3.05) is 25.0 Å². The highest BCUT2D eigenvalue weighted by Gasteiger charge is 2.07. The molecule has 8 heteroatoms. The standard InChI is InChI=1S/C10H14Cl2O6/c11-3-7(13)5-17-9(15)1-2-10(16)18-6-8(14)4-12/h1-2,7-8,13-14H,3-6H2. The molecule has 0 spiro atoms. The zero-order valence-electron chi connectivity index (χ0n) is 9.42. The van der Waals surface area contributed by atoms with Gasteiger partial charge in [0.05, 0.1) is 11.8 Å². The maximum absolute atomic E-state index is 11.0. The third-order valence-corrected chi connectivity index (χ3v) is 2.26. The molecule has 0 saturated heterocycles. The molecule has 2 N–H and O–H groups in total. The summed E-state index contributed by atoms with van der Waals surface area (Å²) in [5, 5.41) is 18.0. The van der Waals surface area contributed by atoms with Crippen LogP contribution in [-0.2, 0) is 19.1 Å². The van der Waals surface area contributed by atoms with Crippen LogP contribution < -0.4 is 0 Å². The van der Waals surface area contributed by atoms with Gasteiger partial charge in [-0.05, 0) is 0 Å². The number of aliphatic hydroxyl groups excluding tert-OH is 2. The van der Waals surface area contributed by atoms with E-state index in [0.717, 1.165) is 12.2 Å². The molecule has 0 aromatic rings. The molecule has 2 unspecified atom stereocenters. The van der Waals surface area contributed by atoms with Crippen molar-refractivity contribution in [1.29, 1.82) is 0 Å². The summed E-state index contributed by atoms with van der Waals surface area (Å²) in [6, 6.07) is 0. The molecule has 0 amide bonds. The summed E-state index contributed by atoms with van der Waals surface area (Å²) in [7, 11) is 0. The van der Waals surface area contributed by atoms with Gasteiger partial charge in [-0.3, -0.25) is 0 Å². The van der Waals surface area contributed by atoms with E-state index in [1.54, 1.807) is 0 Å². The van der Waals surface area contributed by atoms with E-state index in [1.807, 2.05) is 0 Å².